The van der Waals surface area contributed by atoms with E-state index in [2.05, 4.69) is 10.3 Å². The van der Waals surface area contributed by atoms with Crippen LogP contribution in [0.25, 0.3) is 0 Å². The first-order chi connectivity index (χ1) is 10.1. The van der Waals surface area contributed by atoms with Crippen LogP contribution in [0.2, 0.25) is 0 Å². The van der Waals surface area contributed by atoms with E-state index in [0.717, 1.165) is 5.84 Å². The molecule has 0 aliphatic carbocycles. The predicted octanol–water partition coefficient (Wildman–Crippen LogP) is 0.802. The summed E-state index contributed by atoms with van der Waals surface area (Å²) >= 11 is 0. The Hall–Kier alpha value is -1.31. The second-order valence-corrected chi connectivity index (χ2v) is 9.10. The van der Waals surface area contributed by atoms with E-state index >= 15 is 0 Å². The number of ether oxygens (including phenoxy) is 1. The van der Waals surface area contributed by atoms with Gasteiger partial charge < -0.3 is 10.1 Å². The normalized spacial score (nSPS) is 22.9. The molecule has 22 heavy (non-hydrogen) atoms. The highest BCUT2D eigenvalue weighted by atomic mass is 32.2. The van der Waals surface area contributed by atoms with E-state index in [-0.39, 0.29) is 23.6 Å². The molecule has 1 fully saturated rings. The number of rotatable bonds is 1. The largest absolute Gasteiger partial charge is 0.444 e. The van der Waals surface area contributed by atoms with Gasteiger partial charge >= 0.3 is 6.09 Å². The summed E-state index contributed by atoms with van der Waals surface area (Å²) in [5.41, 5.74) is -0.517. The summed E-state index contributed by atoms with van der Waals surface area (Å²) < 4.78 is 28.2. The fourth-order valence-corrected chi connectivity index (χ4v) is 3.95. The third-order valence-electron chi connectivity index (χ3n) is 3.59. The molecule has 2 aliphatic heterocycles. The molecule has 0 radical (unpaired) electrons. The molecule has 2 aliphatic rings. The first-order valence-electron chi connectivity index (χ1n) is 7.63. The molecule has 1 amide bonds. The van der Waals surface area contributed by atoms with Gasteiger partial charge in [0.2, 0.25) is 0 Å². The Balaban J connectivity index is 1.86. The first kappa shape index (κ1) is 17.1. The zero-order valence-corrected chi connectivity index (χ0v) is 14.3. The Kier molecular flexibility index (Phi) is 4.99. The molecule has 126 valence electrons. The van der Waals surface area contributed by atoms with Crippen molar-refractivity contribution in [1.82, 2.24) is 10.2 Å². The van der Waals surface area contributed by atoms with Gasteiger partial charge in [0, 0.05) is 12.6 Å². The number of nitrogens with one attached hydrogen (secondary N) is 1. The van der Waals surface area contributed by atoms with Crippen molar-refractivity contribution in [2.45, 2.75) is 45.3 Å². The van der Waals surface area contributed by atoms with Crippen molar-refractivity contribution in [2.24, 2.45) is 4.99 Å². The second kappa shape index (κ2) is 6.44. The molecule has 0 unspecified atom stereocenters. The van der Waals surface area contributed by atoms with E-state index < -0.39 is 15.4 Å². The summed E-state index contributed by atoms with van der Waals surface area (Å²) in [5.74, 6) is 1.17. The number of amidine groups is 1. The van der Waals surface area contributed by atoms with Crippen molar-refractivity contribution in [3.05, 3.63) is 0 Å². The average Bonchev–Trinajstić information content (AvgIpc) is 2.40. The van der Waals surface area contributed by atoms with Crippen molar-refractivity contribution in [3.8, 4) is 0 Å². The predicted molar refractivity (Wildman–Crippen MR) is 84.9 cm³/mol. The molecule has 0 atom stereocenters. The minimum Gasteiger partial charge on any atom is -0.444 e. The van der Waals surface area contributed by atoms with Crippen molar-refractivity contribution in [2.75, 3.05) is 31.1 Å². The lowest BCUT2D eigenvalue weighted by Crippen LogP contribution is -2.50. The van der Waals surface area contributed by atoms with Crippen molar-refractivity contribution in [1.29, 1.82) is 0 Å². The van der Waals surface area contributed by atoms with Crippen LogP contribution in [-0.4, -0.2) is 68.0 Å². The fraction of sp³-hybridized carbons (Fsp3) is 0.857. The molecular formula is C14H25N3O4S. The molecule has 2 heterocycles. The van der Waals surface area contributed by atoms with Gasteiger partial charge in [-0.15, -0.1) is 0 Å². The maximum absolute atomic E-state index is 12.1. The SMILES string of the molecule is CC(C)(C)OC(=O)N1CCN=C(NC2CCS(=O)(=O)CC2)C1. The van der Waals surface area contributed by atoms with Gasteiger partial charge in [-0.25, -0.2) is 13.2 Å². The minimum absolute atomic E-state index is 0.112. The Morgan fingerprint density at radius 1 is 1.32 bits per heavy atom. The molecule has 0 bridgehead atoms. The summed E-state index contributed by atoms with van der Waals surface area (Å²) in [4.78, 5) is 18.1. The number of amides is 1. The van der Waals surface area contributed by atoms with Gasteiger partial charge in [-0.3, -0.25) is 9.89 Å². The van der Waals surface area contributed by atoms with Crippen LogP contribution in [0, 0.1) is 0 Å². The maximum atomic E-state index is 12.1. The summed E-state index contributed by atoms with van der Waals surface area (Å²) in [6.07, 6.45) is 0.842. The minimum atomic E-state index is -2.87. The monoisotopic (exact) mass is 331 g/mol. The Morgan fingerprint density at radius 3 is 2.55 bits per heavy atom. The molecule has 0 spiro atoms. The average molecular weight is 331 g/mol. The molecule has 1 N–H and O–H groups in total. The number of carbonyl (C=O) groups excluding carboxylic acids is 1. The molecule has 2 rings (SSSR count). The van der Waals surface area contributed by atoms with Gasteiger partial charge in [0.15, 0.2) is 0 Å². The summed E-state index contributed by atoms with van der Waals surface area (Å²) in [5, 5.41) is 3.28. The lowest BCUT2D eigenvalue weighted by Gasteiger charge is -2.32. The molecule has 8 heteroatoms. The van der Waals surface area contributed by atoms with Gasteiger partial charge in [-0.05, 0) is 33.6 Å². The molecule has 0 saturated carbocycles. The van der Waals surface area contributed by atoms with Crippen molar-refractivity contribution >= 4 is 21.8 Å². The second-order valence-electron chi connectivity index (χ2n) is 6.80. The van der Waals surface area contributed by atoms with Crippen LogP contribution in [0.3, 0.4) is 0 Å². The number of aliphatic imine (C=N–C) groups is 1. The smallest absolute Gasteiger partial charge is 0.410 e. The quantitative estimate of drug-likeness (QED) is 0.768. The molecule has 0 aromatic carbocycles. The summed E-state index contributed by atoms with van der Waals surface area (Å²) in [7, 11) is -2.87. The fourth-order valence-electron chi connectivity index (χ4n) is 2.46. The van der Waals surface area contributed by atoms with Gasteiger partial charge in [-0.1, -0.05) is 0 Å². The molecular weight excluding hydrogens is 306 g/mol. The van der Waals surface area contributed by atoms with E-state index in [1.807, 2.05) is 20.8 Å². The zero-order chi connectivity index (χ0) is 16.4. The van der Waals surface area contributed by atoms with Crippen LogP contribution in [0.15, 0.2) is 4.99 Å². The Morgan fingerprint density at radius 2 is 1.95 bits per heavy atom. The third kappa shape index (κ3) is 5.15. The Bertz CT molecular complexity index is 537. The molecule has 0 aromatic rings. The van der Waals surface area contributed by atoms with Crippen LogP contribution < -0.4 is 5.32 Å². The van der Waals surface area contributed by atoms with Crippen LogP contribution in [0.4, 0.5) is 4.79 Å². The van der Waals surface area contributed by atoms with Crippen LogP contribution in [-0.2, 0) is 14.6 Å². The molecule has 0 aromatic heterocycles. The lowest BCUT2D eigenvalue weighted by atomic mass is 10.1. The highest BCUT2D eigenvalue weighted by molar-refractivity contribution is 7.91. The van der Waals surface area contributed by atoms with Crippen LogP contribution in [0.5, 0.6) is 0 Å². The molecule has 1 saturated heterocycles. The highest BCUT2D eigenvalue weighted by Crippen LogP contribution is 2.14. The summed E-state index contributed by atoms with van der Waals surface area (Å²) in [6.45, 7) is 6.98. The van der Waals surface area contributed by atoms with E-state index in [1.165, 1.54) is 0 Å². The van der Waals surface area contributed by atoms with Crippen LogP contribution >= 0.6 is 0 Å². The Labute approximate surface area is 132 Å². The van der Waals surface area contributed by atoms with Gasteiger partial charge in [0.05, 0.1) is 24.6 Å². The number of nitrogens with zero attached hydrogens (tertiary/aromatic N) is 2. The van der Waals surface area contributed by atoms with Crippen molar-refractivity contribution < 1.29 is 17.9 Å². The first-order valence-corrected chi connectivity index (χ1v) is 9.45. The lowest BCUT2D eigenvalue weighted by molar-refractivity contribution is 0.0276. The van der Waals surface area contributed by atoms with Crippen LogP contribution in [0.1, 0.15) is 33.6 Å². The molecule has 7 nitrogen and oxygen atoms in total. The van der Waals surface area contributed by atoms with Gasteiger partial charge in [0.25, 0.3) is 0 Å². The standard InChI is InChI=1S/C14H25N3O4S/c1-14(2,3)21-13(18)17-7-6-15-12(10-17)16-11-4-8-22(19,20)9-5-11/h11H,4-10H2,1-3H3,(H,15,16). The maximum Gasteiger partial charge on any atom is 0.410 e. The highest BCUT2D eigenvalue weighted by Gasteiger charge is 2.28. The third-order valence-corrected chi connectivity index (χ3v) is 5.31. The summed E-state index contributed by atoms with van der Waals surface area (Å²) in [6, 6.07) is 0.112. The van der Waals surface area contributed by atoms with E-state index in [4.69, 9.17) is 4.74 Å². The number of hydrogen-bond acceptors (Lipinski definition) is 6. The van der Waals surface area contributed by atoms with Crippen molar-refractivity contribution in [3.63, 3.8) is 0 Å². The van der Waals surface area contributed by atoms with E-state index in [0.29, 0.717) is 32.5 Å². The number of hydrogen-bond donors (Lipinski definition) is 1. The topological polar surface area (TPSA) is 88.1 Å². The van der Waals surface area contributed by atoms with E-state index in [1.54, 1.807) is 4.90 Å². The number of carbonyl (C=O) groups is 1. The van der Waals surface area contributed by atoms with E-state index in [9.17, 15) is 13.2 Å². The zero-order valence-electron chi connectivity index (χ0n) is 13.5. The number of sulfone groups is 1. The van der Waals surface area contributed by atoms with Gasteiger partial charge in [0.1, 0.15) is 21.3 Å². The van der Waals surface area contributed by atoms with Gasteiger partial charge in [-0.2, -0.15) is 0 Å².